The summed E-state index contributed by atoms with van der Waals surface area (Å²) in [6.07, 6.45) is 7.64. The highest BCUT2D eigenvalue weighted by atomic mass is 35.5. The van der Waals surface area contributed by atoms with E-state index in [2.05, 4.69) is 0 Å². The summed E-state index contributed by atoms with van der Waals surface area (Å²) >= 11 is 16.4. The lowest BCUT2D eigenvalue weighted by Crippen LogP contribution is -2.49. The van der Waals surface area contributed by atoms with Crippen LogP contribution in [0.3, 0.4) is 0 Å². The molecule has 14 nitrogen and oxygen atoms in total. The third-order valence-electron chi connectivity index (χ3n) is 12.1. The molecule has 0 atom stereocenters. The van der Waals surface area contributed by atoms with Crippen molar-refractivity contribution >= 4 is 70.7 Å². The van der Waals surface area contributed by atoms with E-state index in [4.69, 9.17) is 52.2 Å². The number of carbonyl (C=O) groups is 4. The number of hydrogen-bond acceptors (Lipinski definition) is 11. The molecule has 4 aromatic rings. The van der Waals surface area contributed by atoms with Gasteiger partial charge in [0.1, 0.15) is 11.5 Å². The number of fused-ring (bicyclic) bond motifs is 2. The molecule has 0 aliphatic carbocycles. The number of halogens is 2. The Morgan fingerprint density at radius 1 is 0.582 bits per heavy atom. The second-order valence-electron chi connectivity index (χ2n) is 16.1. The maximum Gasteiger partial charge on any atom is 0.246 e. The van der Waals surface area contributed by atoms with Gasteiger partial charge in [0, 0.05) is 134 Å². The zero-order valence-corrected chi connectivity index (χ0v) is 40.2. The maximum atomic E-state index is 13.6. The van der Waals surface area contributed by atoms with Crippen molar-refractivity contribution in [1.82, 2.24) is 19.6 Å². The molecule has 0 bridgehead atoms. The van der Waals surface area contributed by atoms with Gasteiger partial charge in [-0.05, 0) is 73.5 Å². The molecule has 0 N–H and O–H groups in total. The van der Waals surface area contributed by atoms with Crippen LogP contribution in [0.4, 0.5) is 0 Å². The summed E-state index contributed by atoms with van der Waals surface area (Å²) in [5.41, 5.74) is 5.49. The van der Waals surface area contributed by atoms with Crippen LogP contribution in [0.25, 0.3) is 34.4 Å². The van der Waals surface area contributed by atoms with Crippen molar-refractivity contribution in [1.29, 1.82) is 0 Å². The summed E-state index contributed by atoms with van der Waals surface area (Å²) in [6, 6.07) is 15.1. The van der Waals surface area contributed by atoms with Gasteiger partial charge in [0.2, 0.25) is 23.6 Å². The summed E-state index contributed by atoms with van der Waals surface area (Å²) in [5.74, 6) is 1.90. The second-order valence-corrected chi connectivity index (χ2v) is 18.0. The number of amides is 4. The molecule has 4 heterocycles. The Hall–Kier alpha value is -5.71. The van der Waals surface area contributed by atoms with Crippen LogP contribution in [0.1, 0.15) is 49.9 Å². The van der Waals surface area contributed by atoms with Gasteiger partial charge in [0.15, 0.2) is 11.5 Å². The van der Waals surface area contributed by atoms with Crippen LogP contribution >= 0.6 is 35.0 Å². The minimum atomic E-state index is -0.186. The quantitative estimate of drug-likeness (QED) is 0.100. The molecule has 0 aromatic heterocycles. The molecular formula is C50H52Cl2N4O10S. The van der Waals surface area contributed by atoms with E-state index in [9.17, 15) is 19.2 Å². The average molecular weight is 972 g/mol. The highest BCUT2D eigenvalue weighted by Gasteiger charge is 2.29. The minimum absolute atomic E-state index is 0.0153. The van der Waals surface area contributed by atoms with Gasteiger partial charge >= 0.3 is 0 Å². The van der Waals surface area contributed by atoms with Gasteiger partial charge in [-0.2, -0.15) is 9.78 Å². The predicted molar refractivity (Wildman–Crippen MR) is 257 cm³/mol. The maximum absolute atomic E-state index is 13.6. The highest BCUT2D eigenvalue weighted by Crippen LogP contribution is 2.51. The molecule has 2 saturated heterocycles. The van der Waals surface area contributed by atoms with E-state index in [0.29, 0.717) is 168 Å². The van der Waals surface area contributed by atoms with E-state index in [-0.39, 0.29) is 23.6 Å². The van der Waals surface area contributed by atoms with E-state index >= 15 is 0 Å². The molecular weight excluding hydrogens is 920 g/mol. The Kier molecular flexibility index (Phi) is 15.3. The molecule has 0 radical (unpaired) electrons. The third kappa shape index (κ3) is 10.4. The first-order valence-corrected chi connectivity index (χ1v) is 24.0. The average Bonchev–Trinajstić information content (AvgIpc) is 3.34. The molecule has 4 aromatic carbocycles. The summed E-state index contributed by atoms with van der Waals surface area (Å²) in [7, 11) is 0. The van der Waals surface area contributed by atoms with Gasteiger partial charge in [0.05, 0.1) is 36.5 Å². The smallest absolute Gasteiger partial charge is 0.246 e. The van der Waals surface area contributed by atoms with Crippen LogP contribution in [-0.4, -0.2) is 122 Å². The van der Waals surface area contributed by atoms with Crippen LogP contribution in [0.2, 0.25) is 10.0 Å². The zero-order valence-electron chi connectivity index (χ0n) is 37.9. The van der Waals surface area contributed by atoms with Crippen molar-refractivity contribution in [2.75, 3.05) is 78.8 Å². The highest BCUT2D eigenvalue weighted by molar-refractivity contribution is 7.99. The van der Waals surface area contributed by atoms with Gasteiger partial charge in [-0.15, -0.1) is 0 Å². The van der Waals surface area contributed by atoms with Gasteiger partial charge in [-0.25, -0.2) is 0 Å². The number of carbonyl (C=O) groups excluding carboxylic acids is 4. The molecule has 4 aliphatic heterocycles. The summed E-state index contributed by atoms with van der Waals surface area (Å²) in [4.78, 5) is 82.0. The first-order chi connectivity index (χ1) is 32.5. The topological polar surface area (TPSA) is 137 Å². The van der Waals surface area contributed by atoms with Crippen molar-refractivity contribution in [2.45, 2.75) is 50.3 Å². The molecule has 17 heteroatoms. The fraction of sp³-hybridized carbons (Fsp3) is 0.360. The number of nitrogens with zero attached hydrogens (tertiary/aromatic N) is 4. The molecule has 67 heavy (non-hydrogen) atoms. The third-order valence-corrected chi connectivity index (χ3v) is 14.2. The van der Waals surface area contributed by atoms with E-state index in [0.717, 1.165) is 11.1 Å². The van der Waals surface area contributed by atoms with Crippen molar-refractivity contribution < 1.29 is 48.2 Å². The molecule has 8 rings (SSSR count). The molecule has 0 spiro atoms. The summed E-state index contributed by atoms with van der Waals surface area (Å²) in [5, 5.41) is 0.755. The first-order valence-electron chi connectivity index (χ1n) is 22.4. The minimum Gasteiger partial charge on any atom is -0.493 e. The summed E-state index contributed by atoms with van der Waals surface area (Å²) in [6.45, 7) is 12.1. The van der Waals surface area contributed by atoms with E-state index in [1.807, 2.05) is 62.4 Å². The number of benzene rings is 4. The Morgan fingerprint density at radius 3 is 1.34 bits per heavy atom. The van der Waals surface area contributed by atoms with Crippen molar-refractivity contribution in [2.24, 2.45) is 0 Å². The summed E-state index contributed by atoms with van der Waals surface area (Å²) < 4.78 is 12.0. The Labute approximate surface area is 404 Å². The number of piperazine rings is 2. The lowest BCUT2D eigenvalue weighted by Gasteiger charge is -2.33. The van der Waals surface area contributed by atoms with Crippen LogP contribution in [0.15, 0.2) is 70.5 Å². The van der Waals surface area contributed by atoms with Gasteiger partial charge in [-0.3, -0.25) is 19.2 Å². The van der Waals surface area contributed by atoms with E-state index in [1.165, 1.54) is 37.8 Å². The standard InChI is InChI=1S/C50H52Cl2N4O10S/c1-5-61-39-13-11-37(49-35(39)19-29-63-65-49)45-33(9-17-43(59)55-25-21-53(22-26-55)31(3)57)7-15-41(47(45)51)67-42-16-8-34(10-18-44(60)56-27-23-54(24-28-56)32(4)58)46(48(42)52)38-12-14-40(62-6-2)36-20-30-64-66-50(36)38/h7-18H,5-6,19-30H2,1-4H3/b17-9+,18-10+. The van der Waals surface area contributed by atoms with Crippen LogP contribution in [-0.2, 0) is 41.8 Å². The number of hydrogen-bond donors (Lipinski definition) is 0. The van der Waals surface area contributed by atoms with Gasteiger partial charge in [-0.1, -0.05) is 47.1 Å². The normalized spacial score (nSPS) is 16.1. The zero-order chi connectivity index (χ0) is 47.2. The van der Waals surface area contributed by atoms with Crippen molar-refractivity contribution in [3.8, 4) is 45.3 Å². The fourth-order valence-electron chi connectivity index (χ4n) is 8.61. The lowest BCUT2D eigenvalue weighted by molar-refractivity contribution is -0.214. The molecule has 2 fully saturated rings. The Morgan fingerprint density at radius 2 is 0.970 bits per heavy atom. The van der Waals surface area contributed by atoms with Crippen molar-refractivity contribution in [3.05, 3.63) is 93.0 Å². The molecule has 4 amide bonds. The molecule has 4 aliphatic rings. The van der Waals surface area contributed by atoms with Crippen molar-refractivity contribution in [3.63, 3.8) is 0 Å². The predicted octanol–water partition coefficient (Wildman–Crippen LogP) is 8.42. The SMILES string of the molecule is CCOc1ccc(-c2c(/C=C/C(=O)N3CCN(C(C)=O)CC3)ccc(Sc3ccc(/C=C/C(=O)N4CCN(C(C)=O)CC4)c(-c4ccc(OCC)c5c4OOCC5)c3Cl)c2Cl)c2c1CCOO2. The van der Waals surface area contributed by atoms with Crippen LogP contribution < -0.4 is 19.2 Å². The Bertz CT molecular complexity index is 2450. The molecule has 352 valence electrons. The number of ether oxygens (including phenoxy) is 2. The molecule has 0 saturated carbocycles. The monoisotopic (exact) mass is 970 g/mol. The van der Waals surface area contributed by atoms with E-state index < -0.39 is 0 Å². The lowest BCUT2D eigenvalue weighted by atomic mass is 9.94. The molecule has 0 unspecified atom stereocenters. The number of rotatable bonds is 12. The Balaban J connectivity index is 1.20. The van der Waals surface area contributed by atoms with Crippen LogP contribution in [0, 0.1) is 0 Å². The van der Waals surface area contributed by atoms with Gasteiger partial charge < -0.3 is 38.8 Å². The van der Waals surface area contributed by atoms with E-state index in [1.54, 1.807) is 31.8 Å². The first kappa shape index (κ1) is 47.8. The van der Waals surface area contributed by atoms with Gasteiger partial charge in [0.25, 0.3) is 0 Å². The fourth-order valence-corrected chi connectivity index (χ4v) is 10.3. The van der Waals surface area contributed by atoms with Crippen LogP contribution in [0.5, 0.6) is 23.0 Å². The second kappa shape index (κ2) is 21.5. The largest absolute Gasteiger partial charge is 0.493 e.